The van der Waals surface area contributed by atoms with Crippen LogP contribution in [-0.4, -0.2) is 23.4 Å². The van der Waals surface area contributed by atoms with Crippen molar-refractivity contribution in [3.8, 4) is 0 Å². The fraction of sp³-hybridized carbons (Fsp3) is 0.182. The van der Waals surface area contributed by atoms with E-state index in [0.717, 1.165) is 0 Å². The molecular weight excluding hydrogens is 266 g/mol. The summed E-state index contributed by atoms with van der Waals surface area (Å²) in [5.41, 5.74) is 6.05. The highest BCUT2D eigenvalue weighted by Gasteiger charge is 2.14. The van der Waals surface area contributed by atoms with Gasteiger partial charge in [0.05, 0.1) is 17.1 Å². The van der Waals surface area contributed by atoms with Crippen LogP contribution in [-0.2, 0) is 16.6 Å². The molecule has 7 nitrogen and oxygen atoms in total. The first kappa shape index (κ1) is 13.4. The van der Waals surface area contributed by atoms with Gasteiger partial charge in [-0.1, -0.05) is 0 Å². The molecule has 0 amide bonds. The van der Waals surface area contributed by atoms with Crippen molar-refractivity contribution in [3.63, 3.8) is 0 Å². The monoisotopic (exact) mass is 279 g/mol. The molecule has 0 saturated heterocycles. The third kappa shape index (κ3) is 3.46. The molecule has 0 aromatic carbocycles. The van der Waals surface area contributed by atoms with Crippen molar-refractivity contribution in [3.05, 3.63) is 42.1 Å². The van der Waals surface area contributed by atoms with Crippen molar-refractivity contribution in [2.45, 2.75) is 18.4 Å². The van der Waals surface area contributed by atoms with Gasteiger partial charge < -0.3 is 5.73 Å². The lowest BCUT2D eigenvalue weighted by atomic mass is 10.4. The van der Waals surface area contributed by atoms with Gasteiger partial charge in [-0.15, -0.1) is 0 Å². The maximum Gasteiger partial charge on any atom is 0.241 e. The molecule has 0 spiro atoms. The van der Waals surface area contributed by atoms with Crippen molar-refractivity contribution in [2.24, 2.45) is 0 Å². The predicted octanol–water partition coefficient (Wildman–Crippen LogP) is 0.241. The van der Waals surface area contributed by atoms with E-state index in [9.17, 15) is 8.42 Å². The summed E-state index contributed by atoms with van der Waals surface area (Å²) < 4.78 is 26.5. The topological polar surface area (TPSA) is 111 Å². The van der Waals surface area contributed by atoms with Crippen molar-refractivity contribution in [1.29, 1.82) is 0 Å². The Bertz CT molecular complexity index is 687. The van der Waals surface area contributed by atoms with Crippen LogP contribution in [0.4, 0.5) is 5.82 Å². The molecule has 0 atom stereocenters. The van der Waals surface area contributed by atoms with Gasteiger partial charge in [-0.25, -0.2) is 28.1 Å². The first-order chi connectivity index (χ1) is 8.97. The summed E-state index contributed by atoms with van der Waals surface area (Å²) in [6.07, 6.45) is 2.93. The highest BCUT2D eigenvalue weighted by Crippen LogP contribution is 2.10. The summed E-state index contributed by atoms with van der Waals surface area (Å²) in [4.78, 5) is 11.9. The van der Waals surface area contributed by atoms with E-state index in [-0.39, 0.29) is 17.3 Å². The molecule has 0 fully saturated rings. The van der Waals surface area contributed by atoms with E-state index in [2.05, 4.69) is 19.7 Å². The average molecular weight is 279 g/mol. The number of nitrogens with two attached hydrogens (primary N) is 1. The Labute approximate surface area is 111 Å². The van der Waals surface area contributed by atoms with E-state index >= 15 is 0 Å². The Morgan fingerprint density at radius 3 is 2.68 bits per heavy atom. The second-order valence-electron chi connectivity index (χ2n) is 3.84. The van der Waals surface area contributed by atoms with Crippen molar-refractivity contribution in [1.82, 2.24) is 19.7 Å². The minimum atomic E-state index is -3.62. The average Bonchev–Trinajstić information content (AvgIpc) is 2.37. The van der Waals surface area contributed by atoms with Crippen LogP contribution in [0.2, 0.25) is 0 Å². The normalized spacial score (nSPS) is 11.4. The van der Waals surface area contributed by atoms with E-state index in [1.165, 1.54) is 18.3 Å². The fourth-order valence-electron chi connectivity index (χ4n) is 1.45. The van der Waals surface area contributed by atoms with Gasteiger partial charge in [-0.2, -0.15) is 0 Å². The Kier molecular flexibility index (Phi) is 3.72. The quantitative estimate of drug-likeness (QED) is 0.829. The number of sulfonamides is 1. The molecule has 2 aromatic rings. The molecule has 0 unspecified atom stereocenters. The lowest BCUT2D eigenvalue weighted by Crippen LogP contribution is -2.24. The number of pyridine rings is 1. The minimum Gasteiger partial charge on any atom is -0.384 e. The summed E-state index contributed by atoms with van der Waals surface area (Å²) in [6, 6.07) is 4.33. The molecule has 8 heteroatoms. The maximum atomic E-state index is 12.0. The van der Waals surface area contributed by atoms with Gasteiger partial charge in [-0.05, 0) is 19.1 Å². The maximum absolute atomic E-state index is 12.0. The number of aromatic nitrogens is 3. The van der Waals surface area contributed by atoms with Gasteiger partial charge in [0.1, 0.15) is 11.6 Å². The number of rotatable bonds is 4. The highest BCUT2D eigenvalue weighted by atomic mass is 32.2. The van der Waals surface area contributed by atoms with Crippen LogP contribution in [0.1, 0.15) is 11.5 Å². The molecule has 0 bridgehead atoms. The minimum absolute atomic E-state index is 0.0748. The Balaban J connectivity index is 2.14. The van der Waals surface area contributed by atoms with Crippen molar-refractivity contribution < 1.29 is 8.42 Å². The largest absolute Gasteiger partial charge is 0.384 e. The molecule has 19 heavy (non-hydrogen) atoms. The van der Waals surface area contributed by atoms with E-state index in [4.69, 9.17) is 5.73 Å². The SMILES string of the molecule is Cc1nccc(CNS(=O)(=O)c2ccnc(N)c2)n1. The summed E-state index contributed by atoms with van der Waals surface area (Å²) in [5.74, 6) is 0.741. The molecule has 0 aliphatic heterocycles. The van der Waals surface area contributed by atoms with E-state index in [1.807, 2.05) is 0 Å². The summed E-state index contributed by atoms with van der Waals surface area (Å²) in [6.45, 7) is 1.83. The smallest absolute Gasteiger partial charge is 0.241 e. The second-order valence-corrected chi connectivity index (χ2v) is 5.60. The summed E-state index contributed by atoms with van der Waals surface area (Å²) >= 11 is 0. The molecular formula is C11H13N5O2S. The van der Waals surface area contributed by atoms with Gasteiger partial charge in [-0.3, -0.25) is 0 Å². The highest BCUT2D eigenvalue weighted by molar-refractivity contribution is 7.89. The molecule has 3 N–H and O–H groups in total. The first-order valence-electron chi connectivity index (χ1n) is 5.47. The van der Waals surface area contributed by atoms with Crippen LogP contribution in [0.3, 0.4) is 0 Å². The lowest BCUT2D eigenvalue weighted by molar-refractivity contribution is 0.580. The molecule has 2 rings (SSSR count). The first-order valence-corrected chi connectivity index (χ1v) is 6.95. The van der Waals surface area contributed by atoms with Gasteiger partial charge in [0, 0.05) is 18.5 Å². The van der Waals surface area contributed by atoms with Crippen LogP contribution in [0.5, 0.6) is 0 Å². The Hall–Kier alpha value is -2.06. The molecule has 0 aliphatic carbocycles. The zero-order chi connectivity index (χ0) is 13.9. The van der Waals surface area contributed by atoms with E-state index in [1.54, 1.807) is 19.2 Å². The van der Waals surface area contributed by atoms with Gasteiger partial charge in [0.2, 0.25) is 10.0 Å². The summed E-state index contributed by atoms with van der Waals surface area (Å²) in [7, 11) is -3.62. The molecule has 0 saturated carbocycles. The van der Waals surface area contributed by atoms with Gasteiger partial charge in [0.25, 0.3) is 0 Å². The third-order valence-corrected chi connectivity index (χ3v) is 3.74. The van der Waals surface area contributed by atoms with Crippen LogP contribution in [0.15, 0.2) is 35.5 Å². The summed E-state index contributed by atoms with van der Waals surface area (Å²) in [5, 5.41) is 0. The zero-order valence-electron chi connectivity index (χ0n) is 10.2. The van der Waals surface area contributed by atoms with Gasteiger partial charge >= 0.3 is 0 Å². The standard InChI is InChI=1S/C11H13N5O2S/c1-8-13-4-2-9(16-8)7-15-19(17,18)10-3-5-14-11(12)6-10/h2-6,15H,7H2,1H3,(H2,12,14). The number of hydrogen-bond donors (Lipinski definition) is 2. The van der Waals surface area contributed by atoms with Crippen LogP contribution < -0.4 is 10.5 Å². The van der Waals surface area contributed by atoms with Crippen molar-refractivity contribution in [2.75, 3.05) is 5.73 Å². The van der Waals surface area contributed by atoms with Gasteiger partial charge in [0.15, 0.2) is 0 Å². The number of nitrogens with zero attached hydrogens (tertiary/aromatic N) is 3. The van der Waals surface area contributed by atoms with Crippen LogP contribution >= 0.6 is 0 Å². The van der Waals surface area contributed by atoms with Crippen molar-refractivity contribution >= 4 is 15.8 Å². The number of aryl methyl sites for hydroxylation is 1. The predicted molar refractivity (Wildman–Crippen MR) is 69.4 cm³/mol. The van der Waals surface area contributed by atoms with E-state index in [0.29, 0.717) is 11.5 Å². The molecule has 0 radical (unpaired) electrons. The number of anilines is 1. The molecule has 0 aliphatic rings. The lowest BCUT2D eigenvalue weighted by Gasteiger charge is -2.06. The number of nitrogen functional groups attached to an aromatic ring is 1. The number of nitrogens with one attached hydrogen (secondary N) is 1. The fourth-order valence-corrected chi connectivity index (χ4v) is 2.47. The Morgan fingerprint density at radius 1 is 1.26 bits per heavy atom. The number of hydrogen-bond acceptors (Lipinski definition) is 6. The van der Waals surface area contributed by atoms with Crippen LogP contribution in [0, 0.1) is 6.92 Å². The zero-order valence-corrected chi connectivity index (χ0v) is 11.1. The molecule has 100 valence electrons. The second kappa shape index (κ2) is 5.29. The van der Waals surface area contributed by atoms with E-state index < -0.39 is 10.0 Å². The molecule has 2 aromatic heterocycles. The Morgan fingerprint density at radius 2 is 2.00 bits per heavy atom. The molecule has 2 heterocycles. The van der Waals surface area contributed by atoms with Crippen LogP contribution in [0.25, 0.3) is 0 Å². The third-order valence-electron chi connectivity index (χ3n) is 2.34.